The van der Waals surface area contributed by atoms with Crippen LogP contribution in [-0.2, 0) is 0 Å². The summed E-state index contributed by atoms with van der Waals surface area (Å²) in [7, 11) is 0. The maximum atomic E-state index is 13.4. The normalized spacial score (nSPS) is 10.2. The van der Waals surface area contributed by atoms with Gasteiger partial charge in [0.25, 0.3) is 5.91 Å². The van der Waals surface area contributed by atoms with Gasteiger partial charge >= 0.3 is 0 Å². The average molecular weight is 313 g/mol. The predicted octanol–water partition coefficient (Wildman–Crippen LogP) is 3.37. The Labute approximate surface area is 110 Å². The monoisotopic (exact) mass is 312 g/mol. The molecule has 0 fully saturated rings. The van der Waals surface area contributed by atoms with Crippen LogP contribution < -0.4 is 5.32 Å². The minimum Gasteiger partial charge on any atom is -0.319 e. The van der Waals surface area contributed by atoms with Crippen LogP contribution in [-0.4, -0.2) is 10.9 Å². The molecular formula is C12H7BrF2N2O. The number of amides is 1. The minimum atomic E-state index is -0.840. The Hall–Kier alpha value is -1.82. The van der Waals surface area contributed by atoms with E-state index in [4.69, 9.17) is 0 Å². The zero-order chi connectivity index (χ0) is 13.1. The van der Waals surface area contributed by atoms with Gasteiger partial charge in [0, 0.05) is 18.5 Å². The topological polar surface area (TPSA) is 42.0 Å². The van der Waals surface area contributed by atoms with Crippen LogP contribution in [0.4, 0.5) is 14.5 Å². The molecule has 0 atom stereocenters. The van der Waals surface area contributed by atoms with Crippen LogP contribution in [0.25, 0.3) is 0 Å². The number of halogens is 3. The Morgan fingerprint density at radius 3 is 2.72 bits per heavy atom. The number of hydrogen-bond donors (Lipinski definition) is 1. The molecule has 1 heterocycles. The molecule has 0 bridgehead atoms. The first-order valence-corrected chi connectivity index (χ1v) is 5.73. The third-order valence-electron chi connectivity index (χ3n) is 2.18. The fourth-order valence-corrected chi connectivity index (χ4v) is 1.65. The molecule has 6 heteroatoms. The summed E-state index contributed by atoms with van der Waals surface area (Å²) in [4.78, 5) is 15.5. The molecule has 2 aromatic rings. The molecule has 3 nitrogen and oxygen atoms in total. The molecule has 1 aromatic heterocycles. The van der Waals surface area contributed by atoms with Crippen molar-refractivity contribution < 1.29 is 13.6 Å². The van der Waals surface area contributed by atoms with Crippen LogP contribution in [0.2, 0.25) is 0 Å². The smallest absolute Gasteiger partial charge is 0.257 e. The third-order valence-corrected chi connectivity index (χ3v) is 2.79. The maximum Gasteiger partial charge on any atom is 0.257 e. The molecule has 0 spiro atoms. The Balaban J connectivity index is 2.25. The highest BCUT2D eigenvalue weighted by molar-refractivity contribution is 9.10. The number of carbonyl (C=O) groups is 1. The number of anilines is 1. The van der Waals surface area contributed by atoms with E-state index in [-0.39, 0.29) is 15.7 Å². The van der Waals surface area contributed by atoms with Crippen molar-refractivity contribution in [3.05, 3.63) is 58.3 Å². The maximum absolute atomic E-state index is 13.4. The predicted molar refractivity (Wildman–Crippen MR) is 66.2 cm³/mol. The molecule has 0 aliphatic rings. The largest absolute Gasteiger partial charge is 0.319 e. The highest BCUT2D eigenvalue weighted by Crippen LogP contribution is 2.24. The summed E-state index contributed by atoms with van der Waals surface area (Å²) < 4.78 is 26.5. The van der Waals surface area contributed by atoms with Gasteiger partial charge in [0.05, 0.1) is 15.7 Å². The number of nitrogens with zero attached hydrogens (tertiary/aromatic N) is 1. The quantitative estimate of drug-likeness (QED) is 0.864. The summed E-state index contributed by atoms with van der Waals surface area (Å²) in [6.07, 6.45) is 2.87. The summed E-state index contributed by atoms with van der Waals surface area (Å²) in [5.74, 6) is -2.08. The van der Waals surface area contributed by atoms with E-state index < -0.39 is 17.5 Å². The lowest BCUT2D eigenvalue weighted by Gasteiger charge is -2.07. The van der Waals surface area contributed by atoms with Crippen molar-refractivity contribution in [1.82, 2.24) is 4.98 Å². The molecule has 1 N–H and O–H groups in total. The lowest BCUT2D eigenvalue weighted by atomic mass is 10.2. The molecule has 1 aromatic carbocycles. The number of benzene rings is 1. The minimum absolute atomic E-state index is 0.0744. The SMILES string of the molecule is O=C(Nc1cc(Br)c(F)cc1F)c1cccnc1. The number of aromatic nitrogens is 1. The summed E-state index contributed by atoms with van der Waals surface area (Å²) in [5, 5.41) is 2.34. The summed E-state index contributed by atoms with van der Waals surface area (Å²) in [6.45, 7) is 0. The van der Waals surface area contributed by atoms with Gasteiger partial charge in [0.15, 0.2) is 0 Å². The van der Waals surface area contributed by atoms with Gasteiger partial charge in [-0.1, -0.05) is 0 Å². The van der Waals surface area contributed by atoms with Gasteiger partial charge in [-0.25, -0.2) is 8.78 Å². The van der Waals surface area contributed by atoms with Gasteiger partial charge in [0.1, 0.15) is 11.6 Å². The second kappa shape index (κ2) is 5.22. The number of rotatable bonds is 2. The Kier molecular flexibility index (Phi) is 3.66. The summed E-state index contributed by atoms with van der Waals surface area (Å²) in [6, 6.07) is 4.99. The Bertz CT molecular complexity index is 590. The fraction of sp³-hybridized carbons (Fsp3) is 0. The second-order valence-electron chi connectivity index (χ2n) is 3.44. The molecule has 92 valence electrons. The van der Waals surface area contributed by atoms with E-state index in [1.54, 1.807) is 12.1 Å². The Morgan fingerprint density at radius 1 is 1.28 bits per heavy atom. The van der Waals surface area contributed by atoms with E-state index in [1.807, 2.05) is 0 Å². The van der Waals surface area contributed by atoms with Crippen LogP contribution in [0.15, 0.2) is 41.1 Å². The van der Waals surface area contributed by atoms with Crippen LogP contribution >= 0.6 is 15.9 Å². The molecule has 0 radical (unpaired) electrons. The first kappa shape index (κ1) is 12.6. The fourth-order valence-electron chi connectivity index (χ4n) is 1.31. The highest BCUT2D eigenvalue weighted by atomic mass is 79.9. The van der Waals surface area contributed by atoms with Gasteiger partial charge in [-0.3, -0.25) is 9.78 Å². The molecule has 0 aliphatic heterocycles. The van der Waals surface area contributed by atoms with Gasteiger partial charge in [-0.15, -0.1) is 0 Å². The number of carbonyl (C=O) groups excluding carboxylic acids is 1. The van der Waals surface area contributed by atoms with E-state index in [1.165, 1.54) is 18.5 Å². The number of hydrogen-bond acceptors (Lipinski definition) is 2. The first-order valence-electron chi connectivity index (χ1n) is 4.94. The number of nitrogens with one attached hydrogen (secondary N) is 1. The van der Waals surface area contributed by atoms with Gasteiger partial charge in [-0.2, -0.15) is 0 Å². The first-order chi connectivity index (χ1) is 8.58. The highest BCUT2D eigenvalue weighted by Gasteiger charge is 2.12. The van der Waals surface area contributed by atoms with E-state index in [0.29, 0.717) is 6.07 Å². The van der Waals surface area contributed by atoms with E-state index in [0.717, 1.165) is 0 Å². The molecule has 0 saturated heterocycles. The zero-order valence-corrected chi connectivity index (χ0v) is 10.5. The van der Waals surface area contributed by atoms with Crippen molar-refractivity contribution in [2.45, 2.75) is 0 Å². The second-order valence-corrected chi connectivity index (χ2v) is 4.30. The van der Waals surface area contributed by atoms with Crippen LogP contribution in [0, 0.1) is 11.6 Å². The standard InChI is InChI=1S/C12H7BrF2N2O/c13-8-4-11(10(15)5-9(8)14)17-12(18)7-2-1-3-16-6-7/h1-6H,(H,17,18). The third kappa shape index (κ3) is 2.70. The van der Waals surface area contributed by atoms with E-state index >= 15 is 0 Å². The van der Waals surface area contributed by atoms with Crippen molar-refractivity contribution in [2.24, 2.45) is 0 Å². The van der Waals surface area contributed by atoms with Gasteiger partial charge in [0.2, 0.25) is 0 Å². The van der Waals surface area contributed by atoms with Crippen molar-refractivity contribution in [2.75, 3.05) is 5.32 Å². The number of pyridine rings is 1. The van der Waals surface area contributed by atoms with Crippen LogP contribution in [0.1, 0.15) is 10.4 Å². The lowest BCUT2D eigenvalue weighted by Crippen LogP contribution is -2.13. The summed E-state index contributed by atoms with van der Waals surface area (Å²) >= 11 is 2.92. The van der Waals surface area contributed by atoms with Crippen molar-refractivity contribution in [3.63, 3.8) is 0 Å². The molecular weight excluding hydrogens is 306 g/mol. The van der Waals surface area contributed by atoms with Crippen molar-refractivity contribution in [3.8, 4) is 0 Å². The molecule has 0 aliphatic carbocycles. The van der Waals surface area contributed by atoms with Gasteiger partial charge in [-0.05, 0) is 34.1 Å². The van der Waals surface area contributed by atoms with Crippen molar-refractivity contribution in [1.29, 1.82) is 0 Å². The molecule has 0 unspecified atom stereocenters. The lowest BCUT2D eigenvalue weighted by molar-refractivity contribution is 0.102. The molecule has 2 rings (SSSR count). The summed E-state index contributed by atoms with van der Waals surface area (Å²) in [5.41, 5.74) is 0.189. The van der Waals surface area contributed by atoms with E-state index in [9.17, 15) is 13.6 Å². The molecule has 18 heavy (non-hydrogen) atoms. The van der Waals surface area contributed by atoms with Gasteiger partial charge < -0.3 is 5.32 Å². The Morgan fingerprint density at radius 2 is 2.06 bits per heavy atom. The average Bonchev–Trinajstić information content (AvgIpc) is 2.37. The van der Waals surface area contributed by atoms with Crippen molar-refractivity contribution >= 4 is 27.5 Å². The van der Waals surface area contributed by atoms with Crippen LogP contribution in [0.5, 0.6) is 0 Å². The molecule has 1 amide bonds. The van der Waals surface area contributed by atoms with Crippen LogP contribution in [0.3, 0.4) is 0 Å². The molecule has 0 saturated carbocycles. The van der Waals surface area contributed by atoms with E-state index in [2.05, 4.69) is 26.2 Å². The zero-order valence-electron chi connectivity index (χ0n) is 8.95.